The number of aliphatic hydroxyl groups excluding tert-OH is 14. The molecule has 0 aromatic rings. The first kappa shape index (κ1) is 37.0. The van der Waals surface area contributed by atoms with Crippen molar-refractivity contribution in [2.24, 2.45) is 0 Å². The first-order valence-corrected chi connectivity index (χ1v) is 14.1. The minimum Gasteiger partial charge on any atom is -0.394 e. The number of rotatable bonds is 10. The second-order valence-corrected chi connectivity index (χ2v) is 11.2. The molecule has 4 rings (SSSR count). The number of aliphatic hydroxyl groups is 14. The van der Waals surface area contributed by atoms with E-state index in [1.54, 1.807) is 0 Å². The first-order chi connectivity index (χ1) is 21.2. The van der Waals surface area contributed by atoms with Crippen LogP contribution < -0.4 is 0 Å². The van der Waals surface area contributed by atoms with Crippen LogP contribution in [0.1, 0.15) is 0 Å². The van der Waals surface area contributed by atoms with Crippen LogP contribution in [-0.4, -0.2) is 221 Å². The van der Waals surface area contributed by atoms with Crippen LogP contribution in [0.25, 0.3) is 0 Å². The predicted molar refractivity (Wildman–Crippen MR) is 134 cm³/mol. The molecule has 0 unspecified atom stereocenters. The van der Waals surface area contributed by atoms with Gasteiger partial charge in [-0.05, 0) is 0 Å². The molecule has 21 heteroatoms. The van der Waals surface area contributed by atoms with Gasteiger partial charge in [0.1, 0.15) is 97.7 Å². The molecule has 21 nitrogen and oxygen atoms in total. The van der Waals surface area contributed by atoms with E-state index in [9.17, 15) is 71.5 Å². The third kappa shape index (κ3) is 7.59. The van der Waals surface area contributed by atoms with Crippen molar-refractivity contribution in [3.63, 3.8) is 0 Å². The minimum absolute atomic E-state index is 0.758. The lowest BCUT2D eigenvalue weighted by atomic mass is 9.96. The fraction of sp³-hybridized carbons (Fsp3) is 1.00. The van der Waals surface area contributed by atoms with Crippen molar-refractivity contribution in [3.05, 3.63) is 0 Å². The Morgan fingerprint density at radius 2 is 0.778 bits per heavy atom. The third-order valence-electron chi connectivity index (χ3n) is 8.19. The summed E-state index contributed by atoms with van der Waals surface area (Å²) in [6.45, 7) is -3.19. The van der Waals surface area contributed by atoms with Crippen LogP contribution in [0.15, 0.2) is 0 Å². The average molecular weight is 667 g/mol. The minimum atomic E-state index is -2.07. The van der Waals surface area contributed by atoms with Crippen LogP contribution in [0.5, 0.6) is 0 Å². The molecule has 4 aliphatic rings. The van der Waals surface area contributed by atoms with E-state index in [0.717, 1.165) is 0 Å². The number of ether oxygens (including phenoxy) is 7. The number of hydrogen-bond acceptors (Lipinski definition) is 21. The Balaban J connectivity index is 1.56. The van der Waals surface area contributed by atoms with Crippen molar-refractivity contribution >= 4 is 0 Å². The summed E-state index contributed by atoms with van der Waals surface area (Å²) in [5.74, 6) is 0. The molecule has 0 saturated carbocycles. The summed E-state index contributed by atoms with van der Waals surface area (Å²) in [4.78, 5) is 0. The molecule has 264 valence electrons. The second-order valence-electron chi connectivity index (χ2n) is 11.2. The molecule has 0 aromatic heterocycles. The molecule has 0 aromatic carbocycles. The molecule has 4 fully saturated rings. The summed E-state index contributed by atoms with van der Waals surface area (Å²) in [6, 6.07) is 0. The van der Waals surface area contributed by atoms with Crippen LogP contribution in [0.3, 0.4) is 0 Å². The first-order valence-electron chi connectivity index (χ1n) is 14.1. The summed E-state index contributed by atoms with van der Waals surface area (Å²) >= 11 is 0. The zero-order valence-corrected chi connectivity index (χ0v) is 23.5. The highest BCUT2D eigenvalue weighted by Gasteiger charge is 2.54. The molecular weight excluding hydrogens is 624 g/mol. The maximum atomic E-state index is 11.1. The lowest BCUT2D eigenvalue weighted by Gasteiger charge is -2.48. The average Bonchev–Trinajstić information content (AvgIpc) is 3.02. The normalized spacial score (nSPS) is 52.9. The van der Waals surface area contributed by atoms with E-state index in [-0.39, 0.29) is 0 Å². The molecule has 4 heterocycles. The van der Waals surface area contributed by atoms with Crippen molar-refractivity contribution in [2.45, 2.75) is 123 Å². The molecular formula is C24H42O21. The largest absolute Gasteiger partial charge is 0.394 e. The van der Waals surface area contributed by atoms with Gasteiger partial charge >= 0.3 is 0 Å². The Labute approximate surface area is 254 Å². The molecule has 0 spiro atoms. The van der Waals surface area contributed by atoms with E-state index in [4.69, 9.17) is 33.2 Å². The highest BCUT2D eigenvalue weighted by molar-refractivity contribution is 4.97. The quantitative estimate of drug-likeness (QED) is 0.103. The van der Waals surface area contributed by atoms with Crippen molar-refractivity contribution in [1.82, 2.24) is 0 Å². The molecule has 0 aliphatic carbocycles. The Morgan fingerprint density at radius 1 is 0.378 bits per heavy atom. The van der Waals surface area contributed by atoms with E-state index >= 15 is 0 Å². The van der Waals surface area contributed by atoms with Gasteiger partial charge in [-0.1, -0.05) is 0 Å². The summed E-state index contributed by atoms with van der Waals surface area (Å²) in [5.41, 5.74) is 0. The highest BCUT2D eigenvalue weighted by atomic mass is 16.8. The molecule has 0 bridgehead atoms. The van der Waals surface area contributed by atoms with E-state index in [0.29, 0.717) is 0 Å². The number of hydrogen-bond donors (Lipinski definition) is 14. The zero-order chi connectivity index (χ0) is 33.3. The molecule has 20 atom stereocenters. The Kier molecular flexibility index (Phi) is 12.8. The Morgan fingerprint density at radius 3 is 1.31 bits per heavy atom. The second kappa shape index (κ2) is 15.6. The van der Waals surface area contributed by atoms with Crippen molar-refractivity contribution in [2.75, 3.05) is 26.4 Å². The van der Waals surface area contributed by atoms with Crippen LogP contribution in [0.4, 0.5) is 0 Å². The van der Waals surface area contributed by atoms with Crippen LogP contribution in [-0.2, 0) is 33.2 Å². The van der Waals surface area contributed by atoms with Crippen molar-refractivity contribution < 1.29 is 105 Å². The topological polar surface area (TPSA) is 348 Å². The molecule has 4 saturated heterocycles. The van der Waals surface area contributed by atoms with Gasteiger partial charge in [0.15, 0.2) is 25.2 Å². The van der Waals surface area contributed by atoms with Gasteiger partial charge in [0.25, 0.3) is 0 Å². The fourth-order valence-electron chi connectivity index (χ4n) is 5.43. The predicted octanol–water partition coefficient (Wildman–Crippen LogP) is -9.75. The summed E-state index contributed by atoms with van der Waals surface area (Å²) in [6.07, 6.45) is -35.9. The van der Waals surface area contributed by atoms with Gasteiger partial charge in [0.2, 0.25) is 0 Å². The maximum Gasteiger partial charge on any atom is 0.187 e. The third-order valence-corrected chi connectivity index (χ3v) is 8.19. The summed E-state index contributed by atoms with van der Waals surface area (Å²) in [5, 5.41) is 143. The van der Waals surface area contributed by atoms with Crippen LogP contribution >= 0.6 is 0 Å². The maximum absolute atomic E-state index is 11.1. The lowest BCUT2D eigenvalue weighted by Crippen LogP contribution is -2.67. The highest BCUT2D eigenvalue weighted by Crippen LogP contribution is 2.33. The summed E-state index contributed by atoms with van der Waals surface area (Å²) < 4.78 is 37.6. The van der Waals surface area contributed by atoms with Crippen LogP contribution in [0, 0.1) is 0 Å². The molecule has 4 aliphatic heterocycles. The molecule has 45 heavy (non-hydrogen) atoms. The van der Waals surface area contributed by atoms with Crippen molar-refractivity contribution in [1.29, 1.82) is 0 Å². The summed E-state index contributed by atoms with van der Waals surface area (Å²) in [7, 11) is 0. The van der Waals surface area contributed by atoms with E-state index in [1.807, 2.05) is 0 Å². The smallest absolute Gasteiger partial charge is 0.187 e. The SMILES string of the molecule is OC[C@H]1O[C@@H](OC[C@H]2O[C@@H](O[C@@H]3[C@@H](O)[C@H](O)O[C@H](CO)[C@H]3O)[C@H](O)[C@@H](O[C@H]3O[C@H](CO)[C@@H](O)[C@H](O)[C@H]3O)[C@@H]2O)[C@H](O)[C@@H](O)[C@@H]1O. The lowest BCUT2D eigenvalue weighted by molar-refractivity contribution is -0.383. The van der Waals surface area contributed by atoms with E-state index in [1.165, 1.54) is 0 Å². The van der Waals surface area contributed by atoms with E-state index in [2.05, 4.69) is 0 Å². The molecule has 0 amide bonds. The monoisotopic (exact) mass is 666 g/mol. The van der Waals surface area contributed by atoms with Gasteiger partial charge in [0, 0.05) is 0 Å². The Bertz CT molecular complexity index is 914. The van der Waals surface area contributed by atoms with Crippen molar-refractivity contribution in [3.8, 4) is 0 Å². The van der Waals surface area contributed by atoms with E-state index < -0.39 is 149 Å². The standard InChI is InChI=1S/C24H42O21/c25-1-5-9(28)13(32)15(34)22(41-5)39-4-8-12(31)20(45-23-16(35)14(33)10(29)6(2-26)42-23)18(37)24(43-8)44-19-11(30)7(3-27)40-21(38)17(19)36/h5-38H,1-4H2/t5-,6-,7-,8-,9-,10-,11-,12-,13+,14+,15-,16-,17-,18-,19+,20+,21-,22-,23-,24+/m1/s1. The van der Waals surface area contributed by atoms with Gasteiger partial charge < -0.3 is 105 Å². The van der Waals surface area contributed by atoms with Gasteiger partial charge in [-0.3, -0.25) is 0 Å². The van der Waals surface area contributed by atoms with Gasteiger partial charge in [-0.15, -0.1) is 0 Å². The fourth-order valence-corrected chi connectivity index (χ4v) is 5.43. The molecule has 0 radical (unpaired) electrons. The van der Waals surface area contributed by atoms with Gasteiger partial charge in [-0.2, -0.15) is 0 Å². The van der Waals surface area contributed by atoms with Crippen LogP contribution in [0.2, 0.25) is 0 Å². The molecule has 14 N–H and O–H groups in total. The zero-order valence-electron chi connectivity index (χ0n) is 23.5. The Hall–Kier alpha value is -0.840. The van der Waals surface area contributed by atoms with Gasteiger partial charge in [0.05, 0.1) is 26.4 Å². The van der Waals surface area contributed by atoms with Gasteiger partial charge in [-0.25, -0.2) is 0 Å².